The van der Waals surface area contributed by atoms with Crippen molar-refractivity contribution in [3.8, 4) is 6.07 Å². The molecular formula is C20H17F4N5O. The van der Waals surface area contributed by atoms with E-state index in [-0.39, 0.29) is 16.9 Å². The van der Waals surface area contributed by atoms with Crippen molar-refractivity contribution in [3.63, 3.8) is 0 Å². The number of anilines is 1. The van der Waals surface area contributed by atoms with E-state index in [1.54, 1.807) is 0 Å². The minimum atomic E-state index is -3.75. The monoisotopic (exact) mass is 419 g/mol. The van der Waals surface area contributed by atoms with E-state index in [9.17, 15) is 22.4 Å². The number of nitrogens with two attached hydrogens (primary N) is 1. The van der Waals surface area contributed by atoms with Gasteiger partial charge < -0.3 is 11.1 Å². The van der Waals surface area contributed by atoms with Gasteiger partial charge in [0, 0.05) is 17.4 Å². The second kappa shape index (κ2) is 7.09. The fourth-order valence-electron chi connectivity index (χ4n) is 3.14. The lowest BCUT2D eigenvalue weighted by Crippen LogP contribution is -2.56. The molecule has 30 heavy (non-hydrogen) atoms. The number of rotatable bonds is 3. The Labute approximate surface area is 169 Å². The third-order valence-electron chi connectivity index (χ3n) is 5.02. The zero-order chi connectivity index (χ0) is 22.3. The third-order valence-corrected chi connectivity index (χ3v) is 5.02. The van der Waals surface area contributed by atoms with Gasteiger partial charge in [0.15, 0.2) is 11.2 Å². The molecule has 1 aliphatic rings. The van der Waals surface area contributed by atoms with Crippen molar-refractivity contribution in [1.29, 1.82) is 5.26 Å². The number of amides is 1. The van der Waals surface area contributed by atoms with Crippen LogP contribution in [0, 0.1) is 17.1 Å². The van der Waals surface area contributed by atoms with E-state index in [1.807, 2.05) is 6.07 Å². The summed E-state index contributed by atoms with van der Waals surface area (Å²) in [4.78, 5) is 19.8. The number of nitrogens with one attached hydrogen (secondary N) is 1. The number of aliphatic imine (C=N–C) groups is 1. The number of carbonyl (C=O) groups is 1. The lowest BCUT2D eigenvalue weighted by atomic mass is 9.77. The summed E-state index contributed by atoms with van der Waals surface area (Å²) >= 11 is 0. The Morgan fingerprint density at radius 3 is 2.53 bits per heavy atom. The lowest BCUT2D eigenvalue weighted by Gasteiger charge is -2.42. The first-order valence-corrected chi connectivity index (χ1v) is 8.80. The first kappa shape index (κ1) is 21.2. The predicted octanol–water partition coefficient (Wildman–Crippen LogP) is 3.68. The number of amidine groups is 1. The van der Waals surface area contributed by atoms with E-state index < -0.39 is 46.7 Å². The molecule has 0 saturated heterocycles. The quantitative estimate of drug-likeness (QED) is 0.741. The number of hydrogen-bond acceptors (Lipinski definition) is 5. The topological polar surface area (TPSA) is 104 Å². The van der Waals surface area contributed by atoms with Crippen LogP contribution in [0.1, 0.15) is 41.9 Å². The molecule has 0 fully saturated rings. The summed E-state index contributed by atoms with van der Waals surface area (Å²) in [5.41, 5.74) is 0.194. The fraction of sp³-hybridized carbons (Fsp3) is 0.300. The molecule has 0 aliphatic carbocycles. The molecule has 2 aromatic rings. The lowest BCUT2D eigenvalue weighted by molar-refractivity contribution is -0.106. The maximum atomic E-state index is 14.8. The highest BCUT2D eigenvalue weighted by atomic mass is 19.3. The van der Waals surface area contributed by atoms with Crippen LogP contribution >= 0.6 is 0 Å². The summed E-state index contributed by atoms with van der Waals surface area (Å²) in [6, 6.07) is 7.62. The zero-order valence-corrected chi connectivity index (χ0v) is 16.0. The molecule has 0 spiro atoms. The van der Waals surface area contributed by atoms with Gasteiger partial charge in [0.1, 0.15) is 23.4 Å². The molecule has 0 saturated carbocycles. The second-order valence-electron chi connectivity index (χ2n) is 7.34. The van der Waals surface area contributed by atoms with Crippen molar-refractivity contribution < 1.29 is 22.4 Å². The Kier molecular flexibility index (Phi) is 5.02. The summed E-state index contributed by atoms with van der Waals surface area (Å²) in [6.45, 7) is 1.85. The maximum absolute atomic E-state index is 14.8. The number of nitrogens with zero attached hydrogens (tertiary/aromatic N) is 3. The van der Waals surface area contributed by atoms with Crippen molar-refractivity contribution >= 4 is 17.4 Å². The van der Waals surface area contributed by atoms with Crippen LogP contribution in [0.3, 0.4) is 0 Å². The highest BCUT2D eigenvalue weighted by Gasteiger charge is 2.60. The average Bonchev–Trinajstić information content (AvgIpc) is 2.67. The molecule has 0 bridgehead atoms. The summed E-state index contributed by atoms with van der Waals surface area (Å²) in [5.74, 6) is -6.12. The minimum absolute atomic E-state index is 0.00180. The van der Waals surface area contributed by atoms with Crippen LogP contribution in [0.5, 0.6) is 0 Å². The molecule has 0 radical (unpaired) electrons. The highest BCUT2D eigenvalue weighted by Crippen LogP contribution is 2.50. The van der Waals surface area contributed by atoms with Gasteiger partial charge in [-0.2, -0.15) is 5.26 Å². The SMILES string of the molecule is CC1(F)CC(F)(F)C(C)(c2cc(NC(=O)c3ccc(C#N)cn3)ccc2F)N=C1N. The van der Waals surface area contributed by atoms with Gasteiger partial charge in [-0.15, -0.1) is 0 Å². The van der Waals surface area contributed by atoms with Crippen LogP contribution < -0.4 is 11.1 Å². The van der Waals surface area contributed by atoms with Crippen LogP contribution in [0.25, 0.3) is 0 Å². The normalized spacial score (nSPS) is 25.2. The van der Waals surface area contributed by atoms with Gasteiger partial charge in [0.25, 0.3) is 11.8 Å². The van der Waals surface area contributed by atoms with Crippen LogP contribution in [0.4, 0.5) is 23.2 Å². The smallest absolute Gasteiger partial charge is 0.280 e. The molecule has 1 aliphatic heterocycles. The van der Waals surface area contributed by atoms with Gasteiger partial charge in [-0.25, -0.2) is 22.5 Å². The molecule has 6 nitrogen and oxygen atoms in total. The summed E-state index contributed by atoms with van der Waals surface area (Å²) in [5, 5.41) is 11.2. The van der Waals surface area contributed by atoms with E-state index >= 15 is 0 Å². The number of pyridine rings is 1. The molecular weight excluding hydrogens is 402 g/mol. The van der Waals surface area contributed by atoms with Crippen molar-refractivity contribution in [2.24, 2.45) is 10.7 Å². The second-order valence-corrected chi connectivity index (χ2v) is 7.34. The van der Waals surface area contributed by atoms with Gasteiger partial charge >= 0.3 is 0 Å². The Bertz CT molecular complexity index is 1080. The van der Waals surface area contributed by atoms with E-state index in [2.05, 4.69) is 15.3 Å². The number of carbonyl (C=O) groups excluding carboxylic acids is 1. The van der Waals surface area contributed by atoms with E-state index in [1.165, 1.54) is 24.4 Å². The largest absolute Gasteiger partial charge is 0.385 e. The average molecular weight is 419 g/mol. The van der Waals surface area contributed by atoms with E-state index in [0.717, 1.165) is 26.0 Å². The summed E-state index contributed by atoms with van der Waals surface area (Å²) < 4.78 is 58.5. The molecule has 2 unspecified atom stereocenters. The number of nitriles is 1. The van der Waals surface area contributed by atoms with Gasteiger partial charge in [-0.05, 0) is 44.2 Å². The molecule has 156 valence electrons. The van der Waals surface area contributed by atoms with Gasteiger partial charge in [-0.1, -0.05) is 0 Å². The van der Waals surface area contributed by atoms with Gasteiger partial charge in [0.05, 0.1) is 12.0 Å². The van der Waals surface area contributed by atoms with E-state index in [0.29, 0.717) is 0 Å². The molecule has 3 rings (SSSR count). The molecule has 2 atom stereocenters. The van der Waals surface area contributed by atoms with Crippen molar-refractivity contribution in [1.82, 2.24) is 4.98 Å². The Balaban J connectivity index is 1.98. The Morgan fingerprint density at radius 2 is 1.93 bits per heavy atom. The standard InChI is InChI=1S/C20H17F4N5O/c1-18(22)10-20(23,24)19(2,29-17(18)26)13-7-12(4-5-14(13)21)28-16(30)15-6-3-11(8-25)9-27-15/h3-7,9H,10H2,1-2H3,(H2,26,29)(H,28,30). The van der Waals surface area contributed by atoms with Crippen molar-refractivity contribution in [2.45, 2.75) is 37.4 Å². The maximum Gasteiger partial charge on any atom is 0.280 e. The van der Waals surface area contributed by atoms with Crippen molar-refractivity contribution in [2.75, 3.05) is 5.32 Å². The zero-order valence-electron chi connectivity index (χ0n) is 16.0. The number of alkyl halides is 3. The fourth-order valence-corrected chi connectivity index (χ4v) is 3.14. The number of halogens is 4. The van der Waals surface area contributed by atoms with Crippen LogP contribution in [-0.4, -0.2) is 28.3 Å². The highest BCUT2D eigenvalue weighted by molar-refractivity contribution is 6.03. The Morgan fingerprint density at radius 1 is 1.23 bits per heavy atom. The van der Waals surface area contributed by atoms with Gasteiger partial charge in [-0.3, -0.25) is 9.79 Å². The van der Waals surface area contributed by atoms with Gasteiger partial charge in [0.2, 0.25) is 0 Å². The Hall–Kier alpha value is -3.48. The van der Waals surface area contributed by atoms with Crippen LogP contribution in [0.15, 0.2) is 41.5 Å². The first-order chi connectivity index (χ1) is 13.9. The molecule has 1 aromatic carbocycles. The molecule has 10 heteroatoms. The number of benzene rings is 1. The van der Waals surface area contributed by atoms with Crippen molar-refractivity contribution in [3.05, 3.63) is 59.2 Å². The van der Waals surface area contributed by atoms with E-state index in [4.69, 9.17) is 11.0 Å². The molecule has 2 heterocycles. The molecule has 1 amide bonds. The third kappa shape index (κ3) is 3.58. The minimum Gasteiger partial charge on any atom is -0.385 e. The van der Waals surface area contributed by atoms with Crippen LogP contribution in [0.2, 0.25) is 0 Å². The van der Waals surface area contributed by atoms with Crippen LogP contribution in [-0.2, 0) is 5.54 Å². The predicted molar refractivity (Wildman–Crippen MR) is 101 cm³/mol. The first-order valence-electron chi connectivity index (χ1n) is 8.80. The summed E-state index contributed by atoms with van der Waals surface area (Å²) in [7, 11) is 0. The molecule has 3 N–H and O–H groups in total. The molecule has 1 aromatic heterocycles. The summed E-state index contributed by atoms with van der Waals surface area (Å²) in [6.07, 6.45) is -0.0723. The number of aromatic nitrogens is 1. The number of hydrogen-bond donors (Lipinski definition) is 2.